The third-order valence-electron chi connectivity index (χ3n) is 0.810. The second-order valence-electron chi connectivity index (χ2n) is 1.58. The van der Waals surface area contributed by atoms with E-state index in [4.69, 9.17) is 10.5 Å². The Kier molecular flexibility index (Phi) is 7.05. The molecule has 0 heterocycles. The fraction of sp³-hybridized carbons (Fsp3) is 0.714. The predicted molar refractivity (Wildman–Crippen MR) is 37.9 cm³/mol. The Labute approximate surface area is 56.4 Å². The molecule has 0 saturated heterocycles. The minimum absolute atomic E-state index is 0.597. The molecule has 2 nitrogen and oxygen atoms in total. The van der Waals surface area contributed by atoms with Crippen LogP contribution in [0.5, 0.6) is 0 Å². The van der Waals surface area contributed by atoms with E-state index in [1.54, 1.807) is 0 Å². The van der Waals surface area contributed by atoms with Crippen molar-refractivity contribution >= 4 is 0 Å². The maximum absolute atomic E-state index is 5.18. The summed E-state index contributed by atoms with van der Waals surface area (Å²) in [7, 11) is 0. The molecule has 0 radical (unpaired) electrons. The average Bonchev–Trinajstić information content (AvgIpc) is 1.89. The summed E-state index contributed by atoms with van der Waals surface area (Å²) in [6.07, 6.45) is 0.816. The standard InChI is InChI=1S/C7H13NO/c1-2-3-4-6-9-7-5-8/h4-8H2,1H3. The first-order valence-electron chi connectivity index (χ1n) is 3.09. The zero-order chi connectivity index (χ0) is 6.95. The van der Waals surface area contributed by atoms with Gasteiger partial charge in [-0.2, -0.15) is 0 Å². The van der Waals surface area contributed by atoms with E-state index >= 15 is 0 Å². The highest BCUT2D eigenvalue weighted by Crippen LogP contribution is 1.77. The predicted octanol–water partition coefficient (Wildman–Crippen LogP) is 0.375. The Morgan fingerprint density at radius 1 is 1.44 bits per heavy atom. The molecule has 0 atom stereocenters. The van der Waals surface area contributed by atoms with Crippen LogP contribution in [0.15, 0.2) is 0 Å². The maximum atomic E-state index is 5.18. The van der Waals surface area contributed by atoms with Crippen molar-refractivity contribution in [1.29, 1.82) is 0 Å². The monoisotopic (exact) mass is 127 g/mol. The van der Waals surface area contributed by atoms with Crippen LogP contribution >= 0.6 is 0 Å². The fourth-order valence-electron chi connectivity index (χ4n) is 0.434. The zero-order valence-electron chi connectivity index (χ0n) is 5.81. The summed E-state index contributed by atoms with van der Waals surface area (Å²) in [5.41, 5.74) is 5.18. The molecule has 0 amide bonds. The van der Waals surface area contributed by atoms with Gasteiger partial charge < -0.3 is 10.5 Å². The van der Waals surface area contributed by atoms with Gasteiger partial charge in [0.15, 0.2) is 0 Å². The van der Waals surface area contributed by atoms with Gasteiger partial charge in [0.2, 0.25) is 0 Å². The molecule has 0 aromatic rings. The molecule has 0 fully saturated rings. The van der Waals surface area contributed by atoms with Gasteiger partial charge in [0.05, 0.1) is 13.2 Å². The van der Waals surface area contributed by atoms with Crippen molar-refractivity contribution in [2.24, 2.45) is 5.73 Å². The second kappa shape index (κ2) is 7.48. The third-order valence-corrected chi connectivity index (χ3v) is 0.810. The van der Waals surface area contributed by atoms with Crippen molar-refractivity contribution in [3.05, 3.63) is 0 Å². The van der Waals surface area contributed by atoms with Crippen molar-refractivity contribution in [2.75, 3.05) is 19.8 Å². The highest BCUT2D eigenvalue weighted by atomic mass is 16.5. The Hall–Kier alpha value is -0.520. The Morgan fingerprint density at radius 3 is 2.78 bits per heavy atom. The molecular formula is C7H13NO. The number of rotatable bonds is 4. The normalized spacial score (nSPS) is 8.22. The summed E-state index contributed by atoms with van der Waals surface area (Å²) in [5.74, 6) is 5.67. The van der Waals surface area contributed by atoms with Gasteiger partial charge in [0.25, 0.3) is 0 Å². The van der Waals surface area contributed by atoms with E-state index in [1.807, 2.05) is 6.92 Å². The lowest BCUT2D eigenvalue weighted by atomic mass is 10.4. The first-order chi connectivity index (χ1) is 4.41. The summed E-state index contributed by atoms with van der Waals surface area (Å²) < 4.78 is 5.06. The van der Waals surface area contributed by atoms with Crippen molar-refractivity contribution in [2.45, 2.75) is 13.3 Å². The second-order valence-corrected chi connectivity index (χ2v) is 1.58. The Bertz CT molecular complexity index is 101. The van der Waals surface area contributed by atoms with E-state index in [0.29, 0.717) is 19.8 Å². The molecule has 9 heavy (non-hydrogen) atoms. The van der Waals surface area contributed by atoms with E-state index in [9.17, 15) is 0 Å². The van der Waals surface area contributed by atoms with Crippen LogP contribution in [-0.2, 0) is 4.74 Å². The highest BCUT2D eigenvalue weighted by Gasteiger charge is 1.80. The van der Waals surface area contributed by atoms with Crippen LogP contribution in [0.2, 0.25) is 0 Å². The van der Waals surface area contributed by atoms with Gasteiger partial charge in [-0.25, -0.2) is 0 Å². The number of hydrogen-bond acceptors (Lipinski definition) is 2. The first kappa shape index (κ1) is 8.48. The minimum Gasteiger partial charge on any atom is -0.379 e. The van der Waals surface area contributed by atoms with Crippen LogP contribution in [0.25, 0.3) is 0 Å². The van der Waals surface area contributed by atoms with E-state index in [2.05, 4.69) is 11.8 Å². The van der Waals surface area contributed by atoms with Gasteiger partial charge in [-0.15, -0.1) is 11.8 Å². The molecule has 52 valence electrons. The van der Waals surface area contributed by atoms with Gasteiger partial charge in [0, 0.05) is 13.0 Å². The summed E-state index contributed by atoms with van der Waals surface area (Å²) in [4.78, 5) is 0. The molecule has 2 heteroatoms. The summed E-state index contributed by atoms with van der Waals surface area (Å²) in [5, 5.41) is 0. The number of hydrogen-bond donors (Lipinski definition) is 1. The minimum atomic E-state index is 0.597. The third kappa shape index (κ3) is 7.48. The van der Waals surface area contributed by atoms with Gasteiger partial charge in [0.1, 0.15) is 0 Å². The van der Waals surface area contributed by atoms with Crippen LogP contribution in [-0.4, -0.2) is 19.8 Å². The van der Waals surface area contributed by atoms with E-state index in [-0.39, 0.29) is 0 Å². The van der Waals surface area contributed by atoms with Crippen molar-refractivity contribution in [3.63, 3.8) is 0 Å². The van der Waals surface area contributed by atoms with Crippen molar-refractivity contribution in [3.8, 4) is 11.8 Å². The topological polar surface area (TPSA) is 35.2 Å². The lowest BCUT2D eigenvalue weighted by Gasteiger charge is -1.95. The van der Waals surface area contributed by atoms with Gasteiger partial charge in [-0.1, -0.05) is 0 Å². The van der Waals surface area contributed by atoms with Gasteiger partial charge in [-0.05, 0) is 6.92 Å². The molecule has 0 rings (SSSR count). The quantitative estimate of drug-likeness (QED) is 0.437. The highest BCUT2D eigenvalue weighted by molar-refractivity contribution is 4.94. The Balaban J connectivity index is 2.80. The van der Waals surface area contributed by atoms with E-state index in [1.165, 1.54) is 0 Å². The lowest BCUT2D eigenvalue weighted by molar-refractivity contribution is 0.147. The molecule has 0 aromatic heterocycles. The van der Waals surface area contributed by atoms with Crippen LogP contribution in [0.4, 0.5) is 0 Å². The molecule has 0 aromatic carbocycles. The summed E-state index contributed by atoms with van der Waals surface area (Å²) in [6.45, 7) is 3.77. The zero-order valence-corrected chi connectivity index (χ0v) is 5.81. The fourth-order valence-corrected chi connectivity index (χ4v) is 0.434. The van der Waals surface area contributed by atoms with E-state index < -0.39 is 0 Å². The van der Waals surface area contributed by atoms with Crippen LogP contribution < -0.4 is 5.73 Å². The SMILES string of the molecule is CC#CCCOCCN. The lowest BCUT2D eigenvalue weighted by Crippen LogP contribution is -2.08. The summed E-state index contributed by atoms with van der Waals surface area (Å²) in [6, 6.07) is 0. The van der Waals surface area contributed by atoms with Crippen LogP contribution in [0.1, 0.15) is 13.3 Å². The van der Waals surface area contributed by atoms with Gasteiger partial charge >= 0.3 is 0 Å². The largest absolute Gasteiger partial charge is 0.379 e. The maximum Gasteiger partial charge on any atom is 0.0589 e. The molecule has 0 aliphatic heterocycles. The summed E-state index contributed by atoms with van der Waals surface area (Å²) >= 11 is 0. The Morgan fingerprint density at radius 2 is 2.22 bits per heavy atom. The number of nitrogens with two attached hydrogens (primary N) is 1. The van der Waals surface area contributed by atoms with Gasteiger partial charge in [-0.3, -0.25) is 0 Å². The molecule has 0 aliphatic carbocycles. The van der Waals surface area contributed by atoms with Crippen molar-refractivity contribution < 1.29 is 4.74 Å². The number of ether oxygens (including phenoxy) is 1. The average molecular weight is 127 g/mol. The molecule has 0 unspecified atom stereocenters. The molecule has 0 saturated carbocycles. The molecule has 0 aliphatic rings. The molecule has 0 bridgehead atoms. The smallest absolute Gasteiger partial charge is 0.0589 e. The molecule has 0 spiro atoms. The van der Waals surface area contributed by atoms with Crippen molar-refractivity contribution in [1.82, 2.24) is 0 Å². The van der Waals surface area contributed by atoms with E-state index in [0.717, 1.165) is 6.42 Å². The van der Waals surface area contributed by atoms with Crippen LogP contribution in [0.3, 0.4) is 0 Å². The molecule has 2 N–H and O–H groups in total. The van der Waals surface area contributed by atoms with Crippen LogP contribution in [0, 0.1) is 11.8 Å². The first-order valence-corrected chi connectivity index (χ1v) is 3.09. The molecular weight excluding hydrogens is 114 g/mol.